The Hall–Kier alpha value is -2.28. The van der Waals surface area contributed by atoms with Crippen molar-refractivity contribution in [3.63, 3.8) is 0 Å². The third-order valence-corrected chi connectivity index (χ3v) is 5.33. The number of carbonyl (C=O) groups excluding carboxylic acids is 1. The molecule has 2 atom stereocenters. The van der Waals surface area contributed by atoms with E-state index in [1.807, 2.05) is 19.1 Å². The van der Waals surface area contributed by atoms with Crippen LogP contribution in [0, 0.1) is 24.2 Å². The zero-order chi connectivity index (χ0) is 19.3. The summed E-state index contributed by atoms with van der Waals surface area (Å²) in [5.74, 6) is 1.32. The number of amides is 1. The summed E-state index contributed by atoms with van der Waals surface area (Å²) in [7, 11) is 1.66. The van der Waals surface area contributed by atoms with E-state index in [9.17, 15) is 10.1 Å². The third-order valence-electron chi connectivity index (χ3n) is 5.33. The van der Waals surface area contributed by atoms with Crippen molar-refractivity contribution >= 4 is 12.0 Å². The normalized spacial score (nSPS) is 20.6. The van der Waals surface area contributed by atoms with Gasteiger partial charge in [-0.05, 0) is 66.5 Å². The molecule has 1 fully saturated rings. The maximum absolute atomic E-state index is 12.6. The van der Waals surface area contributed by atoms with E-state index in [1.165, 1.54) is 6.42 Å². The van der Waals surface area contributed by atoms with Gasteiger partial charge in [-0.2, -0.15) is 5.26 Å². The van der Waals surface area contributed by atoms with Gasteiger partial charge in [0, 0.05) is 6.04 Å². The second-order valence-corrected chi connectivity index (χ2v) is 7.62. The SMILES string of the molecule is COc1cc(C)c(C=C(C#N)C(=O)NC2CCCCC2C)cc1C(C)C. The van der Waals surface area contributed by atoms with Crippen LogP contribution in [-0.2, 0) is 4.79 Å². The molecule has 1 saturated carbocycles. The van der Waals surface area contributed by atoms with Crippen LogP contribution >= 0.6 is 0 Å². The minimum Gasteiger partial charge on any atom is -0.496 e. The number of carbonyl (C=O) groups is 1. The highest BCUT2D eigenvalue weighted by Crippen LogP contribution is 2.30. The number of benzene rings is 1. The monoisotopic (exact) mass is 354 g/mol. The summed E-state index contributed by atoms with van der Waals surface area (Å²) in [4.78, 5) is 12.6. The second-order valence-electron chi connectivity index (χ2n) is 7.62. The van der Waals surface area contributed by atoms with Crippen LogP contribution in [0.3, 0.4) is 0 Å². The Morgan fingerprint density at radius 2 is 2.04 bits per heavy atom. The molecule has 0 bridgehead atoms. The van der Waals surface area contributed by atoms with E-state index in [0.29, 0.717) is 11.8 Å². The number of nitrogens with one attached hydrogen (secondary N) is 1. The van der Waals surface area contributed by atoms with Gasteiger partial charge in [0.15, 0.2) is 0 Å². The van der Waals surface area contributed by atoms with Gasteiger partial charge in [-0.15, -0.1) is 0 Å². The molecular formula is C22H30N2O2. The Kier molecular flexibility index (Phi) is 6.85. The summed E-state index contributed by atoms with van der Waals surface area (Å²) < 4.78 is 5.47. The van der Waals surface area contributed by atoms with Gasteiger partial charge in [0.2, 0.25) is 0 Å². The van der Waals surface area contributed by atoms with Crippen molar-refractivity contribution in [3.05, 3.63) is 34.4 Å². The number of aryl methyl sites for hydroxylation is 1. The Morgan fingerprint density at radius 3 is 2.62 bits per heavy atom. The number of hydrogen-bond acceptors (Lipinski definition) is 3. The molecular weight excluding hydrogens is 324 g/mol. The first kappa shape index (κ1) is 20.0. The van der Waals surface area contributed by atoms with Gasteiger partial charge < -0.3 is 10.1 Å². The zero-order valence-electron chi connectivity index (χ0n) is 16.6. The van der Waals surface area contributed by atoms with E-state index in [1.54, 1.807) is 13.2 Å². The number of nitrogens with zero attached hydrogens (tertiary/aromatic N) is 1. The van der Waals surface area contributed by atoms with Gasteiger partial charge >= 0.3 is 0 Å². The van der Waals surface area contributed by atoms with Crippen LogP contribution in [0.1, 0.15) is 69.1 Å². The highest BCUT2D eigenvalue weighted by Gasteiger charge is 2.24. The third kappa shape index (κ3) is 4.66. The molecule has 1 N–H and O–H groups in total. The standard InChI is InChI=1S/C22H30N2O2/c1-14(2)19-12-17(16(4)10-21(19)26-5)11-18(13-23)22(25)24-20-9-7-6-8-15(20)3/h10-12,14-15,20H,6-9H2,1-5H3,(H,24,25). The molecule has 26 heavy (non-hydrogen) atoms. The fourth-order valence-corrected chi connectivity index (χ4v) is 3.58. The van der Waals surface area contributed by atoms with Gasteiger partial charge in [-0.1, -0.05) is 33.6 Å². The first-order valence-corrected chi connectivity index (χ1v) is 9.48. The van der Waals surface area contributed by atoms with E-state index in [4.69, 9.17) is 4.74 Å². The maximum Gasteiger partial charge on any atom is 0.262 e. The minimum atomic E-state index is -0.271. The smallest absolute Gasteiger partial charge is 0.262 e. The van der Waals surface area contributed by atoms with Crippen LogP contribution in [0.2, 0.25) is 0 Å². The van der Waals surface area contributed by atoms with Gasteiger partial charge in [-0.25, -0.2) is 0 Å². The minimum absolute atomic E-state index is 0.158. The van der Waals surface area contributed by atoms with Crippen LogP contribution in [0.4, 0.5) is 0 Å². The van der Waals surface area contributed by atoms with Crippen LogP contribution in [0.25, 0.3) is 6.08 Å². The largest absolute Gasteiger partial charge is 0.496 e. The lowest BCUT2D eigenvalue weighted by Crippen LogP contribution is -2.41. The van der Waals surface area contributed by atoms with Gasteiger partial charge in [-0.3, -0.25) is 4.79 Å². The molecule has 140 valence electrons. The average Bonchev–Trinajstić information content (AvgIpc) is 2.61. The summed E-state index contributed by atoms with van der Waals surface area (Å²) in [6.07, 6.45) is 6.17. The fourth-order valence-electron chi connectivity index (χ4n) is 3.58. The van der Waals surface area contributed by atoms with Crippen molar-refractivity contribution in [2.75, 3.05) is 7.11 Å². The van der Waals surface area contributed by atoms with Crippen LogP contribution in [0.5, 0.6) is 5.75 Å². The number of nitriles is 1. The summed E-state index contributed by atoms with van der Waals surface area (Å²) in [5, 5.41) is 12.6. The van der Waals surface area contributed by atoms with Crippen molar-refractivity contribution in [3.8, 4) is 11.8 Å². The Balaban J connectivity index is 2.29. The highest BCUT2D eigenvalue weighted by molar-refractivity contribution is 6.02. The molecule has 0 aromatic heterocycles. The Bertz CT molecular complexity index is 728. The molecule has 0 aliphatic heterocycles. The van der Waals surface area contributed by atoms with E-state index in [-0.39, 0.29) is 17.5 Å². The molecule has 4 heteroatoms. The molecule has 1 amide bonds. The summed E-state index contributed by atoms with van der Waals surface area (Å²) in [6, 6.07) is 6.23. The molecule has 2 rings (SSSR count). The molecule has 0 spiro atoms. The number of rotatable bonds is 5. The highest BCUT2D eigenvalue weighted by atomic mass is 16.5. The van der Waals surface area contributed by atoms with E-state index in [2.05, 4.69) is 32.2 Å². The summed E-state index contributed by atoms with van der Waals surface area (Å²) >= 11 is 0. The van der Waals surface area contributed by atoms with Crippen molar-refractivity contribution in [2.24, 2.45) is 5.92 Å². The van der Waals surface area contributed by atoms with Crippen LogP contribution in [0.15, 0.2) is 17.7 Å². The maximum atomic E-state index is 12.6. The lowest BCUT2D eigenvalue weighted by Gasteiger charge is -2.29. The molecule has 2 unspecified atom stereocenters. The van der Waals surface area contributed by atoms with Gasteiger partial charge in [0.25, 0.3) is 5.91 Å². The average molecular weight is 354 g/mol. The Labute approximate surface area is 157 Å². The number of ether oxygens (including phenoxy) is 1. The second kappa shape index (κ2) is 8.89. The number of methoxy groups -OCH3 is 1. The van der Waals surface area contributed by atoms with Gasteiger partial charge in [0.05, 0.1) is 7.11 Å². The van der Waals surface area contributed by atoms with E-state index >= 15 is 0 Å². The zero-order valence-corrected chi connectivity index (χ0v) is 16.6. The number of hydrogen-bond donors (Lipinski definition) is 1. The quantitative estimate of drug-likeness (QED) is 0.614. The first-order valence-electron chi connectivity index (χ1n) is 9.48. The molecule has 0 saturated heterocycles. The first-order chi connectivity index (χ1) is 12.4. The molecule has 0 heterocycles. The molecule has 1 aliphatic carbocycles. The lowest BCUT2D eigenvalue weighted by molar-refractivity contribution is -0.118. The van der Waals surface area contributed by atoms with Crippen molar-refractivity contribution in [1.29, 1.82) is 5.26 Å². The molecule has 1 aliphatic rings. The van der Waals surface area contributed by atoms with E-state index < -0.39 is 0 Å². The lowest BCUT2D eigenvalue weighted by atomic mass is 9.86. The molecule has 1 aromatic carbocycles. The van der Waals surface area contributed by atoms with Gasteiger partial charge in [0.1, 0.15) is 17.4 Å². The molecule has 1 aromatic rings. The van der Waals surface area contributed by atoms with Crippen molar-refractivity contribution in [2.45, 2.75) is 65.3 Å². The summed E-state index contributed by atoms with van der Waals surface area (Å²) in [6.45, 7) is 8.34. The predicted octanol–water partition coefficient (Wildman–Crippen LogP) is 4.73. The summed E-state index contributed by atoms with van der Waals surface area (Å²) in [5.41, 5.74) is 3.10. The topological polar surface area (TPSA) is 62.1 Å². The van der Waals surface area contributed by atoms with Crippen molar-refractivity contribution < 1.29 is 9.53 Å². The molecule has 0 radical (unpaired) electrons. The van der Waals surface area contributed by atoms with Crippen molar-refractivity contribution in [1.82, 2.24) is 5.32 Å². The Morgan fingerprint density at radius 1 is 1.35 bits per heavy atom. The predicted molar refractivity (Wildman–Crippen MR) is 105 cm³/mol. The van der Waals surface area contributed by atoms with Crippen LogP contribution < -0.4 is 10.1 Å². The fraction of sp³-hybridized carbons (Fsp3) is 0.545. The molecule has 4 nitrogen and oxygen atoms in total. The van der Waals surface area contributed by atoms with Crippen LogP contribution in [-0.4, -0.2) is 19.1 Å². The van der Waals surface area contributed by atoms with E-state index in [0.717, 1.165) is 41.7 Å².